The molecule has 1 atom stereocenters. The fraction of sp³-hybridized carbons (Fsp3) is 0.647. The molecular formula is C17H28N6O3S. The van der Waals surface area contributed by atoms with Gasteiger partial charge in [-0.2, -0.15) is 16.7 Å². The number of anilines is 2. The molecule has 0 aliphatic carbocycles. The third-order valence-corrected chi connectivity index (χ3v) is 5.28. The number of unbranched alkanes of at least 4 members (excludes halogenated alkanes) is 1. The van der Waals surface area contributed by atoms with Crippen LogP contribution in [0.4, 0.5) is 11.5 Å². The number of hydrogen-bond acceptors (Lipinski definition) is 8. The molecule has 0 aliphatic rings. The first-order chi connectivity index (χ1) is 12.9. The maximum absolute atomic E-state index is 12.4. The summed E-state index contributed by atoms with van der Waals surface area (Å²) in [5, 5.41) is 4.16. The molecule has 2 aromatic rings. The van der Waals surface area contributed by atoms with Crippen molar-refractivity contribution in [1.29, 1.82) is 0 Å². The van der Waals surface area contributed by atoms with Gasteiger partial charge >= 0.3 is 5.69 Å². The number of aromatic nitrogens is 4. The molecule has 9 nitrogen and oxygen atoms in total. The Morgan fingerprint density at radius 2 is 2.07 bits per heavy atom. The monoisotopic (exact) mass is 396 g/mol. The highest BCUT2D eigenvalue weighted by atomic mass is 32.2. The maximum Gasteiger partial charge on any atom is 0.330 e. The molecule has 0 fully saturated rings. The highest BCUT2D eigenvalue weighted by molar-refractivity contribution is 7.99. The van der Waals surface area contributed by atoms with Gasteiger partial charge < -0.3 is 15.2 Å². The Morgan fingerprint density at radius 3 is 2.70 bits per heavy atom. The lowest BCUT2D eigenvalue weighted by molar-refractivity contribution is 0.371. The molecule has 0 bridgehead atoms. The number of nitrogens with zero attached hydrogens (tertiary/aromatic N) is 4. The first kappa shape index (κ1) is 21.1. The Morgan fingerprint density at radius 1 is 1.33 bits per heavy atom. The van der Waals surface area contributed by atoms with Crippen LogP contribution in [0, 0.1) is 0 Å². The predicted octanol–water partition coefficient (Wildman–Crippen LogP) is 2.14. The second-order valence-corrected chi connectivity index (χ2v) is 7.77. The van der Waals surface area contributed by atoms with Crippen LogP contribution in [-0.2, 0) is 13.1 Å². The van der Waals surface area contributed by atoms with Gasteiger partial charge in [0, 0.05) is 13.1 Å². The van der Waals surface area contributed by atoms with Crippen molar-refractivity contribution in [2.75, 3.05) is 22.9 Å². The summed E-state index contributed by atoms with van der Waals surface area (Å²) in [7, 11) is 0. The summed E-state index contributed by atoms with van der Waals surface area (Å²) < 4.78 is 6.75. The van der Waals surface area contributed by atoms with Gasteiger partial charge in [-0.1, -0.05) is 25.4 Å². The minimum absolute atomic E-state index is 0.131. The molecular weight excluding hydrogens is 368 g/mol. The van der Waals surface area contributed by atoms with Gasteiger partial charge in [0.15, 0.2) is 5.82 Å². The number of hydrogen-bond donors (Lipinski definition) is 2. The van der Waals surface area contributed by atoms with E-state index in [2.05, 4.69) is 22.0 Å². The number of nitrogens with one attached hydrogen (secondary N) is 1. The predicted molar refractivity (Wildman–Crippen MR) is 108 cm³/mol. The molecule has 2 heterocycles. The molecule has 0 aromatic carbocycles. The fourth-order valence-electron chi connectivity index (χ4n) is 2.76. The zero-order valence-corrected chi connectivity index (χ0v) is 17.1. The normalized spacial score (nSPS) is 12.3. The van der Waals surface area contributed by atoms with Gasteiger partial charge in [0.2, 0.25) is 5.89 Å². The summed E-state index contributed by atoms with van der Waals surface area (Å²) in [5.41, 5.74) is 5.43. The molecule has 0 radical (unpaired) electrons. The lowest BCUT2D eigenvalue weighted by Gasteiger charge is -2.23. The van der Waals surface area contributed by atoms with Crippen molar-refractivity contribution >= 4 is 23.3 Å². The van der Waals surface area contributed by atoms with E-state index in [0.717, 1.165) is 18.6 Å². The molecule has 3 N–H and O–H groups in total. The topological polar surface area (TPSA) is 123 Å². The second kappa shape index (κ2) is 9.63. The van der Waals surface area contributed by atoms with Gasteiger partial charge in [0.05, 0.1) is 11.8 Å². The maximum atomic E-state index is 12.4. The Balaban J connectivity index is 2.32. The van der Waals surface area contributed by atoms with Gasteiger partial charge in [0.25, 0.3) is 5.56 Å². The van der Waals surface area contributed by atoms with Crippen molar-refractivity contribution in [1.82, 2.24) is 19.7 Å². The average Bonchev–Trinajstić information content (AvgIpc) is 3.09. The summed E-state index contributed by atoms with van der Waals surface area (Å²) in [4.78, 5) is 33.0. The number of aromatic amines is 1. The van der Waals surface area contributed by atoms with Crippen LogP contribution in [0.15, 0.2) is 14.1 Å². The van der Waals surface area contributed by atoms with Crippen LogP contribution in [-0.4, -0.2) is 32.0 Å². The smallest absolute Gasteiger partial charge is 0.330 e. The summed E-state index contributed by atoms with van der Waals surface area (Å²) in [6.07, 6.45) is 1.71. The van der Waals surface area contributed by atoms with Gasteiger partial charge in [0.1, 0.15) is 11.5 Å². The van der Waals surface area contributed by atoms with E-state index < -0.39 is 11.2 Å². The zero-order valence-electron chi connectivity index (χ0n) is 16.3. The van der Waals surface area contributed by atoms with E-state index in [9.17, 15) is 9.59 Å². The Bertz CT molecular complexity index is 859. The third kappa shape index (κ3) is 4.94. The van der Waals surface area contributed by atoms with Crippen molar-refractivity contribution < 1.29 is 4.52 Å². The van der Waals surface area contributed by atoms with E-state index in [1.807, 2.05) is 20.8 Å². The van der Waals surface area contributed by atoms with Crippen molar-refractivity contribution in [2.24, 2.45) is 0 Å². The number of H-pyrrole nitrogens is 1. The van der Waals surface area contributed by atoms with E-state index in [1.54, 1.807) is 16.7 Å². The Labute approximate surface area is 162 Å². The molecule has 0 aliphatic heterocycles. The highest BCUT2D eigenvalue weighted by Crippen LogP contribution is 2.26. The Kier molecular flexibility index (Phi) is 7.52. The van der Waals surface area contributed by atoms with Gasteiger partial charge in [-0.25, -0.2) is 4.79 Å². The molecule has 27 heavy (non-hydrogen) atoms. The third-order valence-electron chi connectivity index (χ3n) is 4.24. The van der Waals surface area contributed by atoms with Crippen molar-refractivity contribution in [2.45, 2.75) is 58.9 Å². The molecule has 0 saturated heterocycles. The van der Waals surface area contributed by atoms with Gasteiger partial charge in [-0.05, 0) is 26.0 Å². The van der Waals surface area contributed by atoms with Crippen LogP contribution in [0.25, 0.3) is 0 Å². The Hall–Kier alpha value is -2.23. The summed E-state index contributed by atoms with van der Waals surface area (Å²) >= 11 is 1.72. The van der Waals surface area contributed by atoms with E-state index in [0.29, 0.717) is 24.8 Å². The lowest BCUT2D eigenvalue weighted by Crippen LogP contribution is -2.38. The van der Waals surface area contributed by atoms with Gasteiger partial charge in [-0.15, -0.1) is 0 Å². The molecule has 10 heteroatoms. The van der Waals surface area contributed by atoms with E-state index >= 15 is 0 Å². The van der Waals surface area contributed by atoms with Crippen molar-refractivity contribution in [3.05, 3.63) is 32.6 Å². The van der Waals surface area contributed by atoms with Crippen LogP contribution in [0.1, 0.15) is 57.5 Å². The number of nitrogen functional groups attached to an aromatic ring is 1. The van der Waals surface area contributed by atoms with Crippen LogP contribution >= 0.6 is 11.8 Å². The first-order valence-corrected chi connectivity index (χ1v) is 10.3. The fourth-order valence-corrected chi connectivity index (χ4v) is 3.50. The van der Waals surface area contributed by atoms with Gasteiger partial charge in [-0.3, -0.25) is 14.3 Å². The zero-order chi connectivity index (χ0) is 20.0. The standard InChI is InChI=1S/C17H28N6O3S/c1-5-8-9-23-14(18)13(16(24)20-17(23)25)22(6-2)10-12-19-15(21-26-12)11(4)27-7-3/h11H,5-10,18H2,1-4H3,(H,20,24,25). The largest absolute Gasteiger partial charge is 0.383 e. The molecule has 2 aromatic heterocycles. The SMILES string of the molecule is CCCCn1c(N)c(N(CC)Cc2nc(C(C)SCC)no2)c(=O)[nH]c1=O. The van der Waals surface area contributed by atoms with Crippen molar-refractivity contribution in [3.8, 4) is 0 Å². The molecule has 0 amide bonds. The van der Waals surface area contributed by atoms with Crippen LogP contribution in [0.5, 0.6) is 0 Å². The summed E-state index contributed by atoms with van der Waals surface area (Å²) in [6, 6.07) is 0. The number of thioether (sulfide) groups is 1. The molecule has 0 saturated carbocycles. The molecule has 0 spiro atoms. The molecule has 1 unspecified atom stereocenters. The number of nitrogens with two attached hydrogens (primary N) is 1. The summed E-state index contributed by atoms with van der Waals surface area (Å²) in [5.74, 6) is 2.15. The minimum atomic E-state index is -0.512. The second-order valence-electron chi connectivity index (χ2n) is 6.16. The van der Waals surface area contributed by atoms with E-state index in [-0.39, 0.29) is 23.3 Å². The minimum Gasteiger partial charge on any atom is -0.383 e. The first-order valence-electron chi connectivity index (χ1n) is 9.24. The number of rotatable bonds is 10. The van der Waals surface area contributed by atoms with Crippen molar-refractivity contribution in [3.63, 3.8) is 0 Å². The summed E-state index contributed by atoms with van der Waals surface area (Å²) in [6.45, 7) is 9.21. The van der Waals surface area contributed by atoms with Crippen LogP contribution in [0.2, 0.25) is 0 Å². The average molecular weight is 397 g/mol. The highest BCUT2D eigenvalue weighted by Gasteiger charge is 2.21. The van der Waals surface area contributed by atoms with E-state index in [4.69, 9.17) is 10.3 Å². The van der Waals surface area contributed by atoms with E-state index in [1.165, 1.54) is 4.57 Å². The lowest BCUT2D eigenvalue weighted by atomic mass is 10.3. The molecule has 150 valence electrons. The van der Waals surface area contributed by atoms with Crippen LogP contribution < -0.4 is 21.9 Å². The molecule has 2 rings (SSSR count). The van der Waals surface area contributed by atoms with Crippen LogP contribution in [0.3, 0.4) is 0 Å². The quantitative estimate of drug-likeness (QED) is 0.626.